The van der Waals surface area contributed by atoms with Crippen molar-refractivity contribution in [2.75, 3.05) is 37.7 Å². The summed E-state index contributed by atoms with van der Waals surface area (Å²) in [4.78, 5) is 58.2. The minimum Gasteiger partial charge on any atom is -0.378 e. The molecule has 0 spiro atoms. The Labute approximate surface area is 223 Å². The largest absolute Gasteiger partial charge is 0.378 e. The number of nitrogens with one attached hydrogen (secondary N) is 2. The summed E-state index contributed by atoms with van der Waals surface area (Å²) in [6.45, 7) is 4.06. The predicted molar refractivity (Wildman–Crippen MR) is 143 cm³/mol. The molecule has 10 heteroatoms. The lowest BCUT2D eigenvalue weighted by Gasteiger charge is -2.30. The lowest BCUT2D eigenvalue weighted by atomic mass is 9.97. The predicted octanol–water partition coefficient (Wildman–Crippen LogP) is 2.86. The summed E-state index contributed by atoms with van der Waals surface area (Å²) in [6, 6.07) is 8.73. The number of rotatable bonds is 5. The van der Waals surface area contributed by atoms with Gasteiger partial charge in [0, 0.05) is 37.5 Å². The first-order chi connectivity index (χ1) is 18.8. The number of hydrogen-bond acceptors (Lipinski definition) is 5. The van der Waals surface area contributed by atoms with Gasteiger partial charge in [-0.2, -0.15) is 0 Å². The molecular weight excluding hydrogens is 503 g/mol. The Balaban J connectivity index is 1.31. The third kappa shape index (κ3) is 4.80. The van der Waals surface area contributed by atoms with Crippen molar-refractivity contribution in [2.24, 2.45) is 0 Å². The molecule has 39 heavy (non-hydrogen) atoms. The van der Waals surface area contributed by atoms with Crippen LogP contribution in [-0.2, 0) is 9.53 Å². The van der Waals surface area contributed by atoms with Crippen LogP contribution in [-0.4, -0.2) is 66.5 Å². The summed E-state index contributed by atoms with van der Waals surface area (Å²) >= 11 is 0. The molecule has 3 heterocycles. The number of amides is 3. The number of hydrogen-bond donors (Lipinski definition) is 2. The van der Waals surface area contributed by atoms with Gasteiger partial charge in [-0.25, -0.2) is 4.39 Å². The molecule has 9 nitrogen and oxygen atoms in total. The van der Waals surface area contributed by atoms with Gasteiger partial charge in [-0.1, -0.05) is 18.2 Å². The number of nitrogens with zero attached hydrogens (tertiary/aromatic N) is 2. The first-order valence-corrected chi connectivity index (χ1v) is 13.2. The van der Waals surface area contributed by atoms with E-state index in [0.29, 0.717) is 37.6 Å². The molecule has 0 radical (unpaired) electrons. The summed E-state index contributed by atoms with van der Waals surface area (Å²) < 4.78 is 19.7. The molecule has 0 bridgehead atoms. The molecule has 2 aliphatic heterocycles. The van der Waals surface area contributed by atoms with Crippen molar-refractivity contribution in [2.45, 2.75) is 38.1 Å². The van der Waals surface area contributed by atoms with Crippen LogP contribution in [0.3, 0.4) is 0 Å². The van der Waals surface area contributed by atoms with E-state index in [1.54, 1.807) is 15.9 Å². The molecule has 1 atom stereocenters. The lowest BCUT2D eigenvalue weighted by Crippen LogP contribution is -2.42. The SMILES string of the molecule is Cc1cc(C(=O)N2CCOCC2)c(N2C[C@H](NC(=O)c3cc(=O)[nH]c4c(F)cccc34)CC2=O)c(C2CC2)c1. The highest BCUT2D eigenvalue weighted by Gasteiger charge is 2.39. The molecule has 6 rings (SSSR count). The van der Waals surface area contributed by atoms with Crippen LogP contribution in [0.5, 0.6) is 0 Å². The number of halogens is 1. The number of benzene rings is 2. The zero-order chi connectivity index (χ0) is 27.3. The van der Waals surface area contributed by atoms with Crippen molar-refractivity contribution in [1.82, 2.24) is 15.2 Å². The molecule has 3 aromatic rings. The number of aromatic amines is 1. The van der Waals surface area contributed by atoms with Crippen LogP contribution in [0.4, 0.5) is 10.1 Å². The van der Waals surface area contributed by atoms with Crippen molar-refractivity contribution in [1.29, 1.82) is 0 Å². The summed E-state index contributed by atoms with van der Waals surface area (Å²) in [7, 11) is 0. The van der Waals surface area contributed by atoms with Gasteiger partial charge in [0.15, 0.2) is 0 Å². The highest BCUT2D eigenvalue weighted by molar-refractivity contribution is 6.09. The van der Waals surface area contributed by atoms with Crippen molar-refractivity contribution < 1.29 is 23.5 Å². The zero-order valence-electron chi connectivity index (χ0n) is 21.6. The van der Waals surface area contributed by atoms with Crippen LogP contribution in [0.15, 0.2) is 41.2 Å². The number of morpholine rings is 1. The maximum absolute atomic E-state index is 14.3. The quantitative estimate of drug-likeness (QED) is 0.525. The standard InChI is InChI=1S/C29H29FN4O5/c1-16-11-20(17-5-6-17)27(22(12-16)29(38)33-7-9-39-10-8-33)34-15-18(13-25(34)36)31-28(37)21-14-24(35)32-26-19(21)3-2-4-23(26)30/h2-4,11-12,14,17-18H,5-10,13,15H2,1H3,(H,31,37)(H,32,35)/t18-/m1/s1. The fourth-order valence-electron chi connectivity index (χ4n) is 5.63. The van der Waals surface area contributed by atoms with E-state index in [4.69, 9.17) is 4.74 Å². The maximum atomic E-state index is 14.3. The summed E-state index contributed by atoms with van der Waals surface area (Å²) in [5, 5.41) is 3.14. The minimum absolute atomic E-state index is 0.0383. The van der Waals surface area contributed by atoms with Crippen molar-refractivity contribution in [3.8, 4) is 0 Å². The molecule has 1 aliphatic carbocycles. The fraction of sp³-hybridized carbons (Fsp3) is 0.379. The molecule has 1 saturated carbocycles. The van der Waals surface area contributed by atoms with E-state index in [9.17, 15) is 23.6 Å². The van der Waals surface area contributed by atoms with E-state index in [0.717, 1.165) is 30.0 Å². The van der Waals surface area contributed by atoms with E-state index in [1.807, 2.05) is 13.0 Å². The monoisotopic (exact) mass is 532 g/mol. The Hall–Kier alpha value is -4.05. The number of para-hydroxylation sites is 1. The number of fused-ring (bicyclic) bond motifs is 1. The molecule has 1 aromatic heterocycles. The van der Waals surface area contributed by atoms with Gasteiger partial charge >= 0.3 is 0 Å². The van der Waals surface area contributed by atoms with Crippen molar-refractivity contribution in [3.63, 3.8) is 0 Å². The van der Waals surface area contributed by atoms with E-state index < -0.39 is 23.3 Å². The van der Waals surface area contributed by atoms with Gasteiger partial charge in [-0.15, -0.1) is 0 Å². The van der Waals surface area contributed by atoms with Gasteiger partial charge < -0.3 is 24.8 Å². The molecule has 2 N–H and O–H groups in total. The normalized spacial score (nSPS) is 19.5. The molecule has 3 fully saturated rings. The van der Waals surface area contributed by atoms with E-state index >= 15 is 0 Å². The van der Waals surface area contributed by atoms with Crippen LogP contribution in [0.25, 0.3) is 10.9 Å². The number of aryl methyl sites for hydroxylation is 1. The van der Waals surface area contributed by atoms with E-state index in [2.05, 4.69) is 16.4 Å². The Morgan fingerprint density at radius 2 is 1.85 bits per heavy atom. The second kappa shape index (κ2) is 9.92. The number of carbonyl (C=O) groups is 3. The highest BCUT2D eigenvalue weighted by atomic mass is 19.1. The summed E-state index contributed by atoms with van der Waals surface area (Å²) in [5.41, 5.74) is 2.47. The van der Waals surface area contributed by atoms with Gasteiger partial charge in [-0.3, -0.25) is 19.2 Å². The fourth-order valence-corrected chi connectivity index (χ4v) is 5.63. The second-order valence-corrected chi connectivity index (χ2v) is 10.5. The average molecular weight is 533 g/mol. The summed E-state index contributed by atoms with van der Waals surface area (Å²) in [6.07, 6.45) is 2.04. The Morgan fingerprint density at radius 3 is 2.59 bits per heavy atom. The number of anilines is 1. The molecule has 2 aromatic carbocycles. The van der Waals surface area contributed by atoms with Crippen LogP contribution < -0.4 is 15.8 Å². The zero-order valence-corrected chi connectivity index (χ0v) is 21.6. The van der Waals surface area contributed by atoms with Crippen LogP contribution in [0.1, 0.15) is 57.0 Å². The smallest absolute Gasteiger partial charge is 0.256 e. The number of ether oxygens (including phenoxy) is 1. The van der Waals surface area contributed by atoms with Gasteiger partial charge in [0.1, 0.15) is 5.82 Å². The number of carbonyl (C=O) groups excluding carboxylic acids is 3. The highest BCUT2D eigenvalue weighted by Crippen LogP contribution is 2.47. The molecule has 3 aliphatic rings. The first-order valence-electron chi connectivity index (χ1n) is 13.2. The Morgan fingerprint density at radius 1 is 1.08 bits per heavy atom. The summed E-state index contributed by atoms with van der Waals surface area (Å²) in [5.74, 6) is -1.23. The Kier molecular flexibility index (Phi) is 6.42. The van der Waals surface area contributed by atoms with E-state index in [-0.39, 0.29) is 47.2 Å². The topological polar surface area (TPSA) is 112 Å². The first kappa shape index (κ1) is 25.2. The molecule has 2 saturated heterocycles. The van der Waals surface area contributed by atoms with Crippen molar-refractivity contribution >= 4 is 34.3 Å². The number of pyridine rings is 1. The molecular formula is C29H29FN4O5. The number of aromatic nitrogens is 1. The third-order valence-electron chi connectivity index (χ3n) is 7.63. The third-order valence-corrected chi connectivity index (χ3v) is 7.63. The lowest BCUT2D eigenvalue weighted by molar-refractivity contribution is -0.117. The van der Waals surface area contributed by atoms with Crippen LogP contribution in [0, 0.1) is 12.7 Å². The number of H-pyrrole nitrogens is 1. The molecule has 0 unspecified atom stereocenters. The van der Waals surface area contributed by atoms with Crippen LogP contribution >= 0.6 is 0 Å². The van der Waals surface area contributed by atoms with Crippen molar-refractivity contribution in [3.05, 3.63) is 74.8 Å². The second-order valence-electron chi connectivity index (χ2n) is 10.5. The van der Waals surface area contributed by atoms with E-state index in [1.165, 1.54) is 12.1 Å². The van der Waals surface area contributed by atoms with Gasteiger partial charge in [0.2, 0.25) is 11.5 Å². The maximum Gasteiger partial charge on any atom is 0.256 e. The average Bonchev–Trinajstić information content (AvgIpc) is 3.71. The van der Waals surface area contributed by atoms with Gasteiger partial charge in [0.05, 0.1) is 41.6 Å². The molecule has 3 amide bonds. The Bertz CT molecular complexity index is 1560. The molecule has 202 valence electrons. The van der Waals surface area contributed by atoms with Gasteiger partial charge in [-0.05, 0) is 48.9 Å². The van der Waals surface area contributed by atoms with Gasteiger partial charge in [0.25, 0.3) is 11.8 Å². The minimum atomic E-state index is -0.633. The van der Waals surface area contributed by atoms with Crippen LogP contribution in [0.2, 0.25) is 0 Å².